The van der Waals surface area contributed by atoms with Crippen molar-refractivity contribution in [1.82, 2.24) is 30.0 Å². The number of aromatic amines is 1. The molecule has 0 aliphatic carbocycles. The zero-order chi connectivity index (χ0) is 14.6. The van der Waals surface area contributed by atoms with E-state index in [1.807, 2.05) is 0 Å². The summed E-state index contributed by atoms with van der Waals surface area (Å²) >= 11 is 0. The van der Waals surface area contributed by atoms with E-state index in [4.69, 9.17) is 0 Å². The highest BCUT2D eigenvalue weighted by Crippen LogP contribution is 2.28. The van der Waals surface area contributed by atoms with Crippen molar-refractivity contribution in [3.63, 3.8) is 0 Å². The molecule has 2 aliphatic heterocycles. The molecule has 21 heavy (non-hydrogen) atoms. The number of carbonyl (C=O) groups is 1. The first kappa shape index (κ1) is 12.6. The molecule has 0 atom stereocenters. The first-order valence-corrected chi connectivity index (χ1v) is 7.33. The van der Waals surface area contributed by atoms with Crippen LogP contribution >= 0.6 is 0 Å². The highest BCUT2D eigenvalue weighted by Gasteiger charge is 2.31. The number of fused-ring (bicyclic) bond motifs is 2. The molecule has 0 spiro atoms. The minimum absolute atomic E-state index is 0.0114. The fourth-order valence-electron chi connectivity index (χ4n) is 3.10. The minimum atomic E-state index is -0.112. The van der Waals surface area contributed by atoms with Crippen LogP contribution < -0.4 is 5.32 Å². The van der Waals surface area contributed by atoms with Crippen LogP contribution in [0.3, 0.4) is 0 Å². The molecule has 0 aromatic carbocycles. The molecule has 0 saturated carbocycles. The zero-order valence-corrected chi connectivity index (χ0v) is 12.2. The lowest BCUT2D eigenvalue weighted by Gasteiger charge is -2.21. The highest BCUT2D eigenvalue weighted by atomic mass is 16.1. The van der Waals surface area contributed by atoms with Gasteiger partial charge < -0.3 is 14.9 Å². The fourth-order valence-corrected chi connectivity index (χ4v) is 3.10. The maximum absolute atomic E-state index is 12.2. The van der Waals surface area contributed by atoms with Crippen molar-refractivity contribution in [3.05, 3.63) is 17.2 Å². The Morgan fingerprint density at radius 3 is 3.00 bits per heavy atom. The molecule has 7 heteroatoms. The number of amides is 1. The van der Waals surface area contributed by atoms with Gasteiger partial charge in [-0.1, -0.05) is 13.8 Å². The van der Waals surface area contributed by atoms with E-state index in [2.05, 4.69) is 43.9 Å². The minimum Gasteiger partial charge on any atom is -0.350 e. The normalized spacial score (nSPS) is 19.8. The van der Waals surface area contributed by atoms with Crippen molar-refractivity contribution in [2.75, 3.05) is 6.54 Å². The molecule has 2 N–H and O–H groups in total. The predicted molar refractivity (Wildman–Crippen MR) is 75.7 cm³/mol. The van der Waals surface area contributed by atoms with Crippen molar-refractivity contribution < 1.29 is 4.79 Å². The molecule has 2 aliphatic rings. The molecule has 1 amide bonds. The third-order valence-electron chi connectivity index (χ3n) is 4.20. The lowest BCUT2D eigenvalue weighted by molar-refractivity contribution is 0.0940. The third kappa shape index (κ3) is 1.95. The smallest absolute Gasteiger partial charge is 0.271 e. The van der Waals surface area contributed by atoms with Crippen LogP contribution in [0.2, 0.25) is 0 Å². The monoisotopic (exact) mass is 286 g/mol. The number of nitrogens with zero attached hydrogens (tertiary/aromatic N) is 4. The van der Waals surface area contributed by atoms with Crippen molar-refractivity contribution in [2.45, 2.75) is 39.7 Å². The summed E-state index contributed by atoms with van der Waals surface area (Å²) in [5.74, 6) is 2.27. The van der Waals surface area contributed by atoms with E-state index in [0.29, 0.717) is 18.1 Å². The Hall–Kier alpha value is -2.18. The van der Waals surface area contributed by atoms with Gasteiger partial charge in [0.2, 0.25) is 0 Å². The Morgan fingerprint density at radius 2 is 2.14 bits per heavy atom. The molecular weight excluding hydrogens is 268 g/mol. The van der Waals surface area contributed by atoms with Crippen LogP contribution in [0.5, 0.6) is 0 Å². The summed E-state index contributed by atoms with van der Waals surface area (Å²) in [7, 11) is 0. The molecule has 0 radical (unpaired) electrons. The van der Waals surface area contributed by atoms with E-state index in [0.717, 1.165) is 43.1 Å². The van der Waals surface area contributed by atoms with E-state index in [9.17, 15) is 4.79 Å². The topological polar surface area (TPSA) is 88.5 Å². The van der Waals surface area contributed by atoms with Crippen molar-refractivity contribution in [1.29, 1.82) is 0 Å². The Labute approximate surface area is 122 Å². The Kier molecular flexibility index (Phi) is 2.49. The number of imidazole rings is 1. The lowest BCUT2D eigenvalue weighted by atomic mass is 9.88. The van der Waals surface area contributed by atoms with Crippen LogP contribution in [0.25, 0.3) is 11.6 Å². The first-order chi connectivity index (χ1) is 10.0. The van der Waals surface area contributed by atoms with Crippen LogP contribution in [-0.4, -0.2) is 37.2 Å². The van der Waals surface area contributed by atoms with Gasteiger partial charge in [-0.2, -0.15) is 0 Å². The maximum Gasteiger partial charge on any atom is 0.271 e. The number of rotatable bonds is 1. The molecule has 110 valence electrons. The fraction of sp³-hybridized carbons (Fsp3) is 0.571. The number of aryl methyl sites for hydroxylation is 1. The molecule has 0 saturated heterocycles. The van der Waals surface area contributed by atoms with Gasteiger partial charge >= 0.3 is 0 Å². The largest absolute Gasteiger partial charge is 0.350 e. The second kappa shape index (κ2) is 4.16. The molecular formula is C14H18N6O. The molecule has 2 aromatic heterocycles. The summed E-state index contributed by atoms with van der Waals surface area (Å²) < 4.78 is 2.08. The Morgan fingerprint density at radius 1 is 1.29 bits per heavy atom. The molecule has 4 rings (SSSR count). The van der Waals surface area contributed by atoms with Gasteiger partial charge in [0.15, 0.2) is 11.6 Å². The first-order valence-electron chi connectivity index (χ1n) is 7.33. The second-order valence-corrected chi connectivity index (χ2v) is 6.63. The van der Waals surface area contributed by atoms with Crippen LogP contribution in [0, 0.1) is 5.41 Å². The summed E-state index contributed by atoms with van der Waals surface area (Å²) in [4.78, 5) is 20.0. The SMILES string of the molecule is CC1(C)CNC(=O)c2nc(-c3nnc4n3CCC4)[nH]c2C1. The van der Waals surface area contributed by atoms with Crippen molar-refractivity contribution in [2.24, 2.45) is 5.41 Å². The van der Waals surface area contributed by atoms with Gasteiger partial charge in [-0.05, 0) is 18.3 Å². The molecule has 0 fully saturated rings. The van der Waals surface area contributed by atoms with E-state index < -0.39 is 0 Å². The summed E-state index contributed by atoms with van der Waals surface area (Å²) in [6, 6.07) is 0. The average molecular weight is 286 g/mol. The predicted octanol–water partition coefficient (Wildman–Crippen LogP) is 0.926. The lowest BCUT2D eigenvalue weighted by Crippen LogP contribution is -2.32. The quantitative estimate of drug-likeness (QED) is 0.816. The second-order valence-electron chi connectivity index (χ2n) is 6.63. The van der Waals surface area contributed by atoms with E-state index in [-0.39, 0.29) is 11.3 Å². The maximum atomic E-state index is 12.2. The van der Waals surface area contributed by atoms with Gasteiger partial charge in [-0.15, -0.1) is 10.2 Å². The number of nitrogens with one attached hydrogen (secondary N) is 2. The van der Waals surface area contributed by atoms with E-state index >= 15 is 0 Å². The highest BCUT2D eigenvalue weighted by molar-refractivity contribution is 5.94. The molecule has 0 unspecified atom stereocenters. The third-order valence-corrected chi connectivity index (χ3v) is 4.20. The van der Waals surface area contributed by atoms with E-state index in [1.54, 1.807) is 0 Å². The van der Waals surface area contributed by atoms with Crippen LogP contribution in [0.1, 0.15) is 42.3 Å². The van der Waals surface area contributed by atoms with Gasteiger partial charge in [0.1, 0.15) is 11.5 Å². The van der Waals surface area contributed by atoms with Gasteiger partial charge in [0, 0.05) is 25.2 Å². The number of hydrogen-bond donors (Lipinski definition) is 2. The number of aromatic nitrogens is 5. The molecule has 7 nitrogen and oxygen atoms in total. The Balaban J connectivity index is 1.79. The standard InChI is InChI=1S/C14H18N6O/c1-14(2)6-8-10(13(21)15-7-14)17-11(16-8)12-19-18-9-4-3-5-20(9)12/h3-7H2,1-2H3,(H,15,21)(H,16,17). The van der Waals surface area contributed by atoms with Crippen molar-refractivity contribution >= 4 is 5.91 Å². The van der Waals surface area contributed by atoms with Crippen LogP contribution in [0.4, 0.5) is 0 Å². The number of carbonyl (C=O) groups excluding carboxylic acids is 1. The molecule has 2 aromatic rings. The van der Waals surface area contributed by atoms with Gasteiger partial charge in [0.25, 0.3) is 5.91 Å². The summed E-state index contributed by atoms with van der Waals surface area (Å²) in [5, 5.41) is 11.4. The Bertz CT molecular complexity index is 726. The van der Waals surface area contributed by atoms with Crippen LogP contribution in [0.15, 0.2) is 0 Å². The van der Waals surface area contributed by atoms with Crippen LogP contribution in [-0.2, 0) is 19.4 Å². The van der Waals surface area contributed by atoms with E-state index in [1.165, 1.54) is 0 Å². The summed E-state index contributed by atoms with van der Waals surface area (Å²) in [6.07, 6.45) is 2.84. The van der Waals surface area contributed by atoms with Gasteiger partial charge in [-0.3, -0.25) is 4.79 Å². The summed E-state index contributed by atoms with van der Waals surface area (Å²) in [6.45, 7) is 5.85. The summed E-state index contributed by atoms with van der Waals surface area (Å²) in [5.41, 5.74) is 1.39. The molecule has 0 bridgehead atoms. The van der Waals surface area contributed by atoms with Gasteiger partial charge in [-0.25, -0.2) is 4.98 Å². The number of hydrogen-bond acceptors (Lipinski definition) is 4. The van der Waals surface area contributed by atoms with Crippen molar-refractivity contribution in [3.8, 4) is 11.6 Å². The van der Waals surface area contributed by atoms with Gasteiger partial charge in [0.05, 0.1) is 0 Å². The molecule has 4 heterocycles. The number of H-pyrrole nitrogens is 1. The zero-order valence-electron chi connectivity index (χ0n) is 12.2. The average Bonchev–Trinajstić information content (AvgIpc) is 3.08.